The van der Waals surface area contributed by atoms with Gasteiger partial charge in [0.2, 0.25) is 5.91 Å². The van der Waals surface area contributed by atoms with Gasteiger partial charge in [-0.25, -0.2) is 4.79 Å². The van der Waals surface area contributed by atoms with Crippen LogP contribution in [0.1, 0.15) is 52.0 Å². The summed E-state index contributed by atoms with van der Waals surface area (Å²) in [4.78, 5) is 35.8. The monoisotopic (exact) mass is 379 g/mol. The highest BCUT2D eigenvalue weighted by molar-refractivity contribution is 5.76. The molecule has 0 aliphatic rings. The molecule has 0 aliphatic heterocycles. The second kappa shape index (κ2) is 10.5. The molecule has 0 unspecified atom stereocenters. The molecule has 0 atom stereocenters. The Morgan fingerprint density at radius 1 is 1.19 bits per heavy atom. The van der Waals surface area contributed by atoms with E-state index in [0.29, 0.717) is 24.9 Å². The van der Waals surface area contributed by atoms with Crippen molar-refractivity contribution in [3.8, 4) is 0 Å². The van der Waals surface area contributed by atoms with Crippen molar-refractivity contribution < 1.29 is 19.2 Å². The number of nitro benzene ring substituents is 1. The van der Waals surface area contributed by atoms with E-state index in [0.717, 1.165) is 12.8 Å². The second-order valence-electron chi connectivity index (χ2n) is 7.37. The standard InChI is InChI=1S/C19H29N3O5/c1-19(2,3)27-18(24)20-13-9-5-6-12-17(23)21(4)14-15-10-7-8-11-16(15)22(25)26/h7-8,10-11H,5-6,9,12-14H2,1-4H3,(H,20,24). The van der Waals surface area contributed by atoms with Crippen molar-refractivity contribution in [3.63, 3.8) is 0 Å². The van der Waals surface area contributed by atoms with Crippen LogP contribution in [-0.2, 0) is 16.1 Å². The van der Waals surface area contributed by atoms with E-state index in [9.17, 15) is 19.7 Å². The first kappa shape index (κ1) is 22.4. The number of rotatable bonds is 9. The lowest BCUT2D eigenvalue weighted by Crippen LogP contribution is -2.33. The normalized spacial score (nSPS) is 11.0. The number of carbonyl (C=O) groups is 2. The Bertz CT molecular complexity index is 655. The highest BCUT2D eigenvalue weighted by Gasteiger charge is 2.17. The quantitative estimate of drug-likeness (QED) is 0.401. The molecule has 0 saturated carbocycles. The van der Waals surface area contributed by atoms with Crippen LogP contribution < -0.4 is 5.32 Å². The van der Waals surface area contributed by atoms with Gasteiger partial charge in [-0.15, -0.1) is 0 Å². The van der Waals surface area contributed by atoms with Gasteiger partial charge >= 0.3 is 6.09 Å². The van der Waals surface area contributed by atoms with E-state index < -0.39 is 16.6 Å². The Labute approximate surface area is 160 Å². The van der Waals surface area contributed by atoms with Gasteiger partial charge in [-0.05, 0) is 33.6 Å². The fourth-order valence-electron chi connectivity index (χ4n) is 2.44. The van der Waals surface area contributed by atoms with E-state index in [1.165, 1.54) is 11.0 Å². The highest BCUT2D eigenvalue weighted by atomic mass is 16.6. The Kier molecular flexibility index (Phi) is 8.71. The molecule has 1 aromatic carbocycles. The molecule has 1 N–H and O–H groups in total. The molecule has 0 saturated heterocycles. The lowest BCUT2D eigenvalue weighted by molar-refractivity contribution is -0.385. The molecule has 2 amide bonds. The average Bonchev–Trinajstić information content (AvgIpc) is 2.56. The summed E-state index contributed by atoms with van der Waals surface area (Å²) in [5.41, 5.74) is 0.0137. The number of nitro groups is 1. The van der Waals surface area contributed by atoms with E-state index in [2.05, 4.69) is 5.32 Å². The number of para-hydroxylation sites is 1. The van der Waals surface area contributed by atoms with Gasteiger partial charge in [0.05, 0.1) is 11.5 Å². The molecule has 0 spiro atoms. The number of alkyl carbamates (subject to hydrolysis) is 1. The number of unbranched alkanes of at least 4 members (excludes halogenated alkanes) is 2. The molecule has 150 valence electrons. The zero-order valence-electron chi connectivity index (χ0n) is 16.5. The molecule has 27 heavy (non-hydrogen) atoms. The highest BCUT2D eigenvalue weighted by Crippen LogP contribution is 2.19. The number of hydrogen-bond acceptors (Lipinski definition) is 5. The number of benzene rings is 1. The van der Waals surface area contributed by atoms with Crippen molar-refractivity contribution in [2.75, 3.05) is 13.6 Å². The van der Waals surface area contributed by atoms with E-state index in [1.54, 1.807) is 46.0 Å². The maximum atomic E-state index is 12.2. The lowest BCUT2D eigenvalue weighted by atomic mass is 10.1. The van der Waals surface area contributed by atoms with E-state index in [1.807, 2.05) is 0 Å². The Morgan fingerprint density at radius 3 is 2.48 bits per heavy atom. The minimum atomic E-state index is -0.519. The molecule has 0 aliphatic carbocycles. The predicted molar refractivity (Wildman–Crippen MR) is 102 cm³/mol. The Morgan fingerprint density at radius 2 is 1.85 bits per heavy atom. The molecule has 0 radical (unpaired) electrons. The van der Waals surface area contributed by atoms with E-state index >= 15 is 0 Å². The molecule has 1 aromatic rings. The van der Waals surface area contributed by atoms with Crippen molar-refractivity contribution >= 4 is 17.7 Å². The smallest absolute Gasteiger partial charge is 0.407 e. The van der Waals surface area contributed by atoms with Crippen molar-refractivity contribution in [2.24, 2.45) is 0 Å². The van der Waals surface area contributed by atoms with Crippen LogP contribution in [0.5, 0.6) is 0 Å². The summed E-state index contributed by atoms with van der Waals surface area (Å²) >= 11 is 0. The number of nitrogens with one attached hydrogen (secondary N) is 1. The van der Waals surface area contributed by atoms with Gasteiger partial charge in [-0.3, -0.25) is 14.9 Å². The third-order valence-corrected chi connectivity index (χ3v) is 3.76. The molecule has 8 heteroatoms. The lowest BCUT2D eigenvalue weighted by Gasteiger charge is -2.19. The van der Waals surface area contributed by atoms with Crippen LogP contribution in [0.2, 0.25) is 0 Å². The maximum absolute atomic E-state index is 12.2. The molecule has 0 fully saturated rings. The van der Waals surface area contributed by atoms with Crippen molar-refractivity contribution in [1.82, 2.24) is 10.2 Å². The van der Waals surface area contributed by atoms with Crippen molar-refractivity contribution in [3.05, 3.63) is 39.9 Å². The van der Waals surface area contributed by atoms with E-state index in [4.69, 9.17) is 4.74 Å². The molecule has 1 rings (SSSR count). The van der Waals surface area contributed by atoms with Gasteiger partial charge < -0.3 is 15.0 Å². The summed E-state index contributed by atoms with van der Waals surface area (Å²) in [6.45, 7) is 6.11. The minimum Gasteiger partial charge on any atom is -0.444 e. The number of ether oxygens (including phenoxy) is 1. The predicted octanol–water partition coefficient (Wildman–Crippen LogP) is 3.64. The third kappa shape index (κ3) is 9.03. The second-order valence-corrected chi connectivity index (χ2v) is 7.37. The van der Waals surface area contributed by atoms with Crippen LogP contribution in [0.15, 0.2) is 24.3 Å². The Hall–Kier alpha value is -2.64. The summed E-state index contributed by atoms with van der Waals surface area (Å²) in [7, 11) is 1.64. The van der Waals surface area contributed by atoms with Gasteiger partial charge in [-0.2, -0.15) is 0 Å². The summed E-state index contributed by atoms with van der Waals surface area (Å²) < 4.78 is 5.14. The molecule has 0 bridgehead atoms. The Balaban J connectivity index is 2.27. The third-order valence-electron chi connectivity index (χ3n) is 3.76. The van der Waals surface area contributed by atoms with Gasteiger partial charge in [0.1, 0.15) is 5.60 Å². The molecular formula is C19H29N3O5. The molecule has 0 heterocycles. The van der Waals surface area contributed by atoms with Gasteiger partial charge in [0, 0.05) is 31.6 Å². The van der Waals surface area contributed by atoms with Crippen LogP contribution in [0.3, 0.4) is 0 Å². The van der Waals surface area contributed by atoms with Crippen molar-refractivity contribution in [2.45, 2.75) is 58.6 Å². The topological polar surface area (TPSA) is 102 Å². The molecular weight excluding hydrogens is 350 g/mol. The summed E-state index contributed by atoms with van der Waals surface area (Å²) in [6.07, 6.45) is 2.16. The van der Waals surface area contributed by atoms with E-state index in [-0.39, 0.29) is 18.1 Å². The largest absolute Gasteiger partial charge is 0.444 e. The van der Waals surface area contributed by atoms with Gasteiger partial charge in [-0.1, -0.05) is 24.6 Å². The number of amides is 2. The summed E-state index contributed by atoms with van der Waals surface area (Å²) in [5.74, 6) is -0.0618. The van der Waals surface area contributed by atoms with Crippen LogP contribution in [0, 0.1) is 10.1 Å². The van der Waals surface area contributed by atoms with Crippen LogP contribution in [-0.4, -0.2) is 41.0 Å². The first-order valence-electron chi connectivity index (χ1n) is 9.03. The minimum absolute atomic E-state index is 0.0189. The number of nitrogens with zero attached hydrogens (tertiary/aromatic N) is 2. The van der Waals surface area contributed by atoms with Gasteiger partial charge in [0.15, 0.2) is 0 Å². The fourth-order valence-corrected chi connectivity index (χ4v) is 2.44. The van der Waals surface area contributed by atoms with Crippen molar-refractivity contribution in [1.29, 1.82) is 0 Å². The number of hydrogen-bond donors (Lipinski definition) is 1. The van der Waals surface area contributed by atoms with Crippen LogP contribution >= 0.6 is 0 Å². The average molecular weight is 379 g/mol. The van der Waals surface area contributed by atoms with Crippen LogP contribution in [0.25, 0.3) is 0 Å². The van der Waals surface area contributed by atoms with Crippen LogP contribution in [0.4, 0.5) is 10.5 Å². The first-order valence-corrected chi connectivity index (χ1v) is 9.03. The summed E-state index contributed by atoms with van der Waals surface area (Å²) in [5, 5.41) is 13.7. The summed E-state index contributed by atoms with van der Waals surface area (Å²) in [6, 6.07) is 6.42. The maximum Gasteiger partial charge on any atom is 0.407 e. The first-order chi connectivity index (χ1) is 12.6. The molecule has 8 nitrogen and oxygen atoms in total. The SMILES string of the molecule is CN(Cc1ccccc1[N+](=O)[O-])C(=O)CCCCCNC(=O)OC(C)(C)C. The zero-order chi connectivity index (χ0) is 20.4. The fraction of sp³-hybridized carbons (Fsp3) is 0.579. The zero-order valence-corrected chi connectivity index (χ0v) is 16.5. The molecule has 0 aromatic heterocycles. The van der Waals surface area contributed by atoms with Gasteiger partial charge in [0.25, 0.3) is 5.69 Å². The number of carbonyl (C=O) groups excluding carboxylic acids is 2.